The van der Waals surface area contributed by atoms with Crippen molar-refractivity contribution in [1.82, 2.24) is 10.2 Å². The summed E-state index contributed by atoms with van der Waals surface area (Å²) in [6, 6.07) is 0. The van der Waals surface area contributed by atoms with Crippen molar-refractivity contribution in [3.05, 3.63) is 0 Å². The molecule has 0 aromatic carbocycles. The highest BCUT2D eigenvalue weighted by atomic mass is 16.5. The third-order valence-corrected chi connectivity index (χ3v) is 4.99. The first kappa shape index (κ1) is 16.2. The fourth-order valence-electron chi connectivity index (χ4n) is 3.64. The monoisotopic (exact) mass is 284 g/mol. The summed E-state index contributed by atoms with van der Waals surface area (Å²) in [4.78, 5) is 2.60. The van der Waals surface area contributed by atoms with Gasteiger partial charge in [-0.2, -0.15) is 0 Å². The van der Waals surface area contributed by atoms with E-state index >= 15 is 0 Å². The van der Waals surface area contributed by atoms with E-state index in [1.165, 1.54) is 25.8 Å². The highest BCUT2D eigenvalue weighted by Gasteiger charge is 2.36. The van der Waals surface area contributed by atoms with E-state index in [0.29, 0.717) is 17.4 Å². The number of ether oxygens (including phenoxy) is 2. The Morgan fingerprint density at radius 3 is 2.95 bits per heavy atom. The standard InChI is InChI=1S/C16H32N2O2/c1-4-17-11-16(7-5-9-20-13-16)12-18-8-6-14(2)15(10-18)19-3/h14-15,17H,4-13H2,1-3H3. The Labute approximate surface area is 124 Å². The van der Waals surface area contributed by atoms with Crippen molar-refractivity contribution >= 4 is 0 Å². The van der Waals surface area contributed by atoms with Crippen molar-refractivity contribution in [2.75, 3.05) is 53.0 Å². The number of piperidine rings is 1. The second kappa shape index (κ2) is 7.74. The lowest BCUT2D eigenvalue weighted by Gasteiger charge is -2.44. The highest BCUT2D eigenvalue weighted by molar-refractivity contribution is 4.90. The zero-order chi connectivity index (χ0) is 14.4. The van der Waals surface area contributed by atoms with Crippen molar-refractivity contribution in [3.63, 3.8) is 0 Å². The molecule has 0 aliphatic carbocycles. The van der Waals surface area contributed by atoms with E-state index < -0.39 is 0 Å². The van der Waals surface area contributed by atoms with E-state index in [1.54, 1.807) is 0 Å². The maximum atomic E-state index is 5.80. The van der Waals surface area contributed by atoms with Crippen LogP contribution in [-0.4, -0.2) is 64.1 Å². The van der Waals surface area contributed by atoms with Gasteiger partial charge in [0.05, 0.1) is 12.7 Å². The summed E-state index contributed by atoms with van der Waals surface area (Å²) >= 11 is 0. The summed E-state index contributed by atoms with van der Waals surface area (Å²) in [7, 11) is 1.85. The van der Waals surface area contributed by atoms with Crippen LogP contribution in [0.1, 0.15) is 33.1 Å². The summed E-state index contributed by atoms with van der Waals surface area (Å²) in [5.41, 5.74) is 0.299. The van der Waals surface area contributed by atoms with Gasteiger partial charge in [0.15, 0.2) is 0 Å². The second-order valence-electron chi connectivity index (χ2n) is 6.71. The quantitative estimate of drug-likeness (QED) is 0.806. The first-order chi connectivity index (χ1) is 9.69. The summed E-state index contributed by atoms with van der Waals surface area (Å²) < 4.78 is 11.4. The zero-order valence-electron chi connectivity index (χ0n) is 13.5. The molecule has 3 atom stereocenters. The van der Waals surface area contributed by atoms with E-state index in [-0.39, 0.29) is 0 Å². The van der Waals surface area contributed by atoms with Gasteiger partial charge in [0.2, 0.25) is 0 Å². The lowest BCUT2D eigenvalue weighted by molar-refractivity contribution is -0.0546. The van der Waals surface area contributed by atoms with Crippen LogP contribution in [0.4, 0.5) is 0 Å². The molecular formula is C16H32N2O2. The molecule has 0 radical (unpaired) electrons. The van der Waals surface area contributed by atoms with E-state index in [0.717, 1.165) is 39.4 Å². The van der Waals surface area contributed by atoms with Gasteiger partial charge in [0.25, 0.3) is 0 Å². The zero-order valence-corrected chi connectivity index (χ0v) is 13.5. The molecule has 0 bridgehead atoms. The molecule has 3 unspecified atom stereocenters. The van der Waals surface area contributed by atoms with Crippen LogP contribution in [0.15, 0.2) is 0 Å². The molecule has 0 amide bonds. The molecular weight excluding hydrogens is 252 g/mol. The molecule has 0 aromatic rings. The number of hydrogen-bond donors (Lipinski definition) is 1. The summed E-state index contributed by atoms with van der Waals surface area (Å²) in [6.45, 7) is 11.9. The van der Waals surface area contributed by atoms with Gasteiger partial charge in [-0.15, -0.1) is 0 Å². The molecule has 0 saturated carbocycles. The molecule has 2 fully saturated rings. The van der Waals surface area contributed by atoms with Crippen molar-refractivity contribution in [2.24, 2.45) is 11.3 Å². The molecule has 2 aliphatic rings. The predicted octanol–water partition coefficient (Wildman–Crippen LogP) is 1.75. The lowest BCUT2D eigenvalue weighted by Crippen LogP contribution is -2.53. The fraction of sp³-hybridized carbons (Fsp3) is 1.00. The van der Waals surface area contributed by atoms with Gasteiger partial charge in [0.1, 0.15) is 0 Å². The molecule has 118 valence electrons. The van der Waals surface area contributed by atoms with Crippen LogP contribution < -0.4 is 5.32 Å². The minimum Gasteiger partial charge on any atom is -0.381 e. The highest BCUT2D eigenvalue weighted by Crippen LogP contribution is 2.31. The first-order valence-electron chi connectivity index (χ1n) is 8.23. The number of likely N-dealkylation sites (tertiary alicyclic amines) is 1. The normalized spacial score (nSPS) is 36.1. The largest absolute Gasteiger partial charge is 0.381 e. The maximum Gasteiger partial charge on any atom is 0.0724 e. The number of rotatable bonds is 6. The fourth-order valence-corrected chi connectivity index (χ4v) is 3.64. The Morgan fingerprint density at radius 1 is 1.45 bits per heavy atom. The number of methoxy groups -OCH3 is 1. The number of nitrogens with one attached hydrogen (secondary N) is 1. The summed E-state index contributed by atoms with van der Waals surface area (Å²) in [6.07, 6.45) is 4.12. The van der Waals surface area contributed by atoms with Crippen LogP contribution >= 0.6 is 0 Å². The molecule has 0 spiro atoms. The van der Waals surface area contributed by atoms with E-state index in [2.05, 4.69) is 24.1 Å². The lowest BCUT2D eigenvalue weighted by atomic mass is 9.81. The minimum absolute atomic E-state index is 0.299. The predicted molar refractivity (Wildman–Crippen MR) is 82.0 cm³/mol. The van der Waals surface area contributed by atoms with E-state index in [9.17, 15) is 0 Å². The molecule has 0 aromatic heterocycles. The van der Waals surface area contributed by atoms with Crippen LogP contribution in [0.5, 0.6) is 0 Å². The van der Waals surface area contributed by atoms with Crippen molar-refractivity contribution < 1.29 is 9.47 Å². The van der Waals surface area contributed by atoms with Gasteiger partial charge in [-0.3, -0.25) is 0 Å². The molecule has 4 heteroatoms. The Bertz CT molecular complexity index is 280. The van der Waals surface area contributed by atoms with E-state index in [4.69, 9.17) is 9.47 Å². The number of hydrogen-bond acceptors (Lipinski definition) is 4. The Morgan fingerprint density at radius 2 is 2.30 bits per heavy atom. The summed E-state index contributed by atoms with van der Waals surface area (Å²) in [5, 5.41) is 3.54. The molecule has 2 aliphatic heterocycles. The number of nitrogens with zero attached hydrogens (tertiary/aromatic N) is 1. The van der Waals surface area contributed by atoms with Gasteiger partial charge in [-0.1, -0.05) is 13.8 Å². The van der Waals surface area contributed by atoms with Gasteiger partial charge in [-0.05, 0) is 38.3 Å². The van der Waals surface area contributed by atoms with Crippen LogP contribution in [0.3, 0.4) is 0 Å². The van der Waals surface area contributed by atoms with E-state index in [1.807, 2.05) is 7.11 Å². The molecule has 2 heterocycles. The smallest absolute Gasteiger partial charge is 0.0724 e. The van der Waals surface area contributed by atoms with Gasteiger partial charge in [-0.25, -0.2) is 0 Å². The topological polar surface area (TPSA) is 33.7 Å². The summed E-state index contributed by atoms with van der Waals surface area (Å²) in [5.74, 6) is 0.684. The van der Waals surface area contributed by atoms with Gasteiger partial charge < -0.3 is 19.7 Å². The third-order valence-electron chi connectivity index (χ3n) is 4.99. The van der Waals surface area contributed by atoms with Crippen LogP contribution in [0.25, 0.3) is 0 Å². The van der Waals surface area contributed by atoms with Crippen LogP contribution in [0, 0.1) is 11.3 Å². The Balaban J connectivity index is 1.93. The van der Waals surface area contributed by atoms with Crippen molar-refractivity contribution in [1.29, 1.82) is 0 Å². The molecule has 1 N–H and O–H groups in total. The molecule has 2 rings (SSSR count). The molecule has 20 heavy (non-hydrogen) atoms. The minimum atomic E-state index is 0.299. The van der Waals surface area contributed by atoms with Crippen LogP contribution in [0.2, 0.25) is 0 Å². The van der Waals surface area contributed by atoms with Crippen molar-refractivity contribution in [3.8, 4) is 0 Å². The average molecular weight is 284 g/mol. The van der Waals surface area contributed by atoms with Crippen molar-refractivity contribution in [2.45, 2.75) is 39.2 Å². The average Bonchev–Trinajstić information content (AvgIpc) is 2.48. The van der Waals surface area contributed by atoms with Gasteiger partial charge >= 0.3 is 0 Å². The first-order valence-corrected chi connectivity index (χ1v) is 8.23. The third kappa shape index (κ3) is 4.17. The maximum absolute atomic E-state index is 5.80. The second-order valence-corrected chi connectivity index (χ2v) is 6.71. The SMILES string of the molecule is CCNCC1(CN2CCC(C)C(OC)C2)CCCOC1. The Hall–Kier alpha value is -0.160. The molecule has 2 saturated heterocycles. The van der Waals surface area contributed by atoms with Crippen LogP contribution in [-0.2, 0) is 9.47 Å². The molecule has 4 nitrogen and oxygen atoms in total. The Kier molecular flexibility index (Phi) is 6.27. The van der Waals surface area contributed by atoms with Gasteiger partial charge in [0, 0.05) is 38.8 Å².